The van der Waals surface area contributed by atoms with Crippen molar-refractivity contribution in [3.63, 3.8) is 0 Å². The van der Waals surface area contributed by atoms with Gasteiger partial charge in [0.25, 0.3) is 0 Å². The van der Waals surface area contributed by atoms with E-state index in [-0.39, 0.29) is 0 Å². The lowest BCUT2D eigenvalue weighted by molar-refractivity contribution is -0.105. The van der Waals surface area contributed by atoms with Crippen LogP contribution in [0, 0.1) is 0 Å². The van der Waals surface area contributed by atoms with Crippen molar-refractivity contribution in [3.05, 3.63) is 36.5 Å². The molecule has 0 aromatic rings. The summed E-state index contributed by atoms with van der Waals surface area (Å²) in [4.78, 5) is 10.2. The van der Waals surface area contributed by atoms with Crippen molar-refractivity contribution in [2.24, 2.45) is 0 Å². The second-order valence-electron chi connectivity index (χ2n) is 2.02. The third-order valence-electron chi connectivity index (χ3n) is 1.24. The fourth-order valence-corrected chi connectivity index (χ4v) is 0.546. The molecule has 0 bridgehead atoms. The molecule has 1 heteroatoms. The van der Waals surface area contributed by atoms with Crippen molar-refractivity contribution in [2.45, 2.75) is 13.3 Å². The summed E-state index contributed by atoms with van der Waals surface area (Å²) >= 11 is 0. The molecule has 1 nitrogen and oxygen atoms in total. The Labute approximate surface area is 61.8 Å². The first-order valence-electron chi connectivity index (χ1n) is 3.15. The molecule has 10 heavy (non-hydrogen) atoms. The maximum absolute atomic E-state index is 10.2. The second kappa shape index (κ2) is 4.74. The van der Waals surface area contributed by atoms with Crippen molar-refractivity contribution >= 4 is 6.29 Å². The number of rotatable bonds is 4. The van der Waals surface area contributed by atoms with Crippen molar-refractivity contribution in [1.82, 2.24) is 0 Å². The summed E-state index contributed by atoms with van der Waals surface area (Å²) < 4.78 is 0. The maximum atomic E-state index is 10.2. The maximum Gasteiger partial charge on any atom is 0.146 e. The molecule has 0 spiro atoms. The number of allylic oxidation sites excluding steroid dienone is 4. The van der Waals surface area contributed by atoms with Gasteiger partial charge in [-0.2, -0.15) is 0 Å². The summed E-state index contributed by atoms with van der Waals surface area (Å²) in [5.74, 6) is 0. The fraction of sp³-hybridized carbons (Fsp3) is 0.222. The van der Waals surface area contributed by atoms with Gasteiger partial charge in [-0.25, -0.2) is 0 Å². The summed E-state index contributed by atoms with van der Waals surface area (Å²) in [6.07, 6.45) is 4.90. The van der Waals surface area contributed by atoms with Crippen LogP contribution >= 0.6 is 0 Å². The summed E-state index contributed by atoms with van der Waals surface area (Å²) in [6, 6.07) is 0. The van der Waals surface area contributed by atoms with E-state index in [0.29, 0.717) is 6.42 Å². The topological polar surface area (TPSA) is 17.1 Å². The van der Waals surface area contributed by atoms with Crippen LogP contribution in [0.1, 0.15) is 13.3 Å². The monoisotopic (exact) mass is 136 g/mol. The van der Waals surface area contributed by atoms with Gasteiger partial charge in [0.2, 0.25) is 0 Å². The third kappa shape index (κ3) is 3.02. The molecule has 0 rings (SSSR count). The average molecular weight is 136 g/mol. The zero-order chi connectivity index (χ0) is 7.98. The van der Waals surface area contributed by atoms with Gasteiger partial charge in [0.05, 0.1) is 0 Å². The lowest BCUT2D eigenvalue weighted by Gasteiger charge is -1.96. The minimum atomic E-state index is 0.615. The van der Waals surface area contributed by atoms with Gasteiger partial charge in [-0.05, 0) is 18.9 Å². The van der Waals surface area contributed by atoms with Crippen LogP contribution < -0.4 is 0 Å². The first-order valence-corrected chi connectivity index (χ1v) is 3.15. The number of hydrogen-bond acceptors (Lipinski definition) is 1. The Bertz CT molecular complexity index is 175. The predicted octanol–water partition coefficient (Wildman–Crippen LogP) is 2.26. The molecule has 0 aliphatic carbocycles. The summed E-state index contributed by atoms with van der Waals surface area (Å²) in [7, 11) is 0. The SMILES string of the molecule is C=CC(=C)C/C(C=O)=C\C. The summed E-state index contributed by atoms with van der Waals surface area (Å²) in [5.41, 5.74) is 1.63. The zero-order valence-corrected chi connectivity index (χ0v) is 6.26. The van der Waals surface area contributed by atoms with Gasteiger partial charge in [0, 0.05) is 0 Å². The quantitative estimate of drug-likeness (QED) is 0.329. The first-order chi connectivity index (χ1) is 4.74. The normalized spacial score (nSPS) is 10.7. The third-order valence-corrected chi connectivity index (χ3v) is 1.24. The highest BCUT2D eigenvalue weighted by Crippen LogP contribution is 2.06. The van der Waals surface area contributed by atoms with E-state index in [4.69, 9.17) is 0 Å². The van der Waals surface area contributed by atoms with Crippen molar-refractivity contribution < 1.29 is 4.79 Å². The molecule has 0 aliphatic rings. The van der Waals surface area contributed by atoms with Gasteiger partial charge in [0.15, 0.2) is 0 Å². The lowest BCUT2D eigenvalue weighted by Crippen LogP contribution is -1.84. The van der Waals surface area contributed by atoms with Crippen LogP contribution in [0.25, 0.3) is 0 Å². The molecule has 0 aliphatic heterocycles. The van der Waals surface area contributed by atoms with Crippen molar-refractivity contribution in [3.8, 4) is 0 Å². The molecule has 0 fully saturated rings. The van der Waals surface area contributed by atoms with Gasteiger partial charge in [0.1, 0.15) is 6.29 Å². The van der Waals surface area contributed by atoms with Crippen LogP contribution in [0.2, 0.25) is 0 Å². The zero-order valence-electron chi connectivity index (χ0n) is 6.26. The molecule has 0 heterocycles. The van der Waals surface area contributed by atoms with Gasteiger partial charge in [-0.3, -0.25) is 4.79 Å². The minimum absolute atomic E-state index is 0.615. The highest BCUT2D eigenvalue weighted by molar-refractivity contribution is 5.73. The number of carbonyl (C=O) groups is 1. The molecule has 0 N–H and O–H groups in total. The Kier molecular flexibility index (Phi) is 4.21. The van der Waals surface area contributed by atoms with E-state index in [0.717, 1.165) is 17.4 Å². The Morgan fingerprint density at radius 2 is 2.20 bits per heavy atom. The van der Waals surface area contributed by atoms with Gasteiger partial charge < -0.3 is 0 Å². The van der Waals surface area contributed by atoms with Crippen LogP contribution in [0.15, 0.2) is 36.5 Å². The Hall–Kier alpha value is -1.11. The van der Waals surface area contributed by atoms with E-state index in [1.54, 1.807) is 12.2 Å². The molecule has 0 unspecified atom stereocenters. The number of aldehydes is 1. The second-order valence-corrected chi connectivity index (χ2v) is 2.02. The molecule has 0 saturated heterocycles. The average Bonchev–Trinajstić information content (AvgIpc) is 1.99. The van der Waals surface area contributed by atoms with Gasteiger partial charge >= 0.3 is 0 Å². The molecule has 0 radical (unpaired) electrons. The van der Waals surface area contributed by atoms with Crippen LogP contribution in [-0.2, 0) is 4.79 Å². The van der Waals surface area contributed by atoms with E-state index in [9.17, 15) is 4.79 Å². The molecule has 0 aromatic carbocycles. The van der Waals surface area contributed by atoms with Crippen LogP contribution in [-0.4, -0.2) is 6.29 Å². The standard InChI is InChI=1S/C9H12O/c1-4-8(3)6-9(5-2)7-10/h4-5,7H,1,3,6H2,2H3/b9-5+. The Morgan fingerprint density at radius 1 is 1.60 bits per heavy atom. The molecular formula is C9H12O. The largest absolute Gasteiger partial charge is 0.298 e. The molecular weight excluding hydrogens is 124 g/mol. The number of carbonyl (C=O) groups excluding carboxylic acids is 1. The minimum Gasteiger partial charge on any atom is -0.298 e. The predicted molar refractivity (Wildman–Crippen MR) is 43.8 cm³/mol. The van der Waals surface area contributed by atoms with Gasteiger partial charge in [-0.1, -0.05) is 30.9 Å². The lowest BCUT2D eigenvalue weighted by atomic mass is 10.1. The molecule has 0 aromatic heterocycles. The highest BCUT2D eigenvalue weighted by atomic mass is 16.1. The highest BCUT2D eigenvalue weighted by Gasteiger charge is 1.93. The van der Waals surface area contributed by atoms with E-state index in [1.165, 1.54) is 0 Å². The van der Waals surface area contributed by atoms with Crippen LogP contribution in [0.3, 0.4) is 0 Å². The smallest absolute Gasteiger partial charge is 0.146 e. The summed E-state index contributed by atoms with van der Waals surface area (Å²) in [6.45, 7) is 9.06. The van der Waals surface area contributed by atoms with Crippen LogP contribution in [0.4, 0.5) is 0 Å². The number of hydrogen-bond donors (Lipinski definition) is 0. The molecule has 0 amide bonds. The Balaban J connectivity index is 3.99. The summed E-state index contributed by atoms with van der Waals surface area (Å²) in [5, 5.41) is 0. The van der Waals surface area contributed by atoms with Crippen molar-refractivity contribution in [2.75, 3.05) is 0 Å². The fourth-order valence-electron chi connectivity index (χ4n) is 0.546. The first kappa shape index (κ1) is 8.89. The van der Waals surface area contributed by atoms with Gasteiger partial charge in [-0.15, -0.1) is 0 Å². The van der Waals surface area contributed by atoms with E-state index < -0.39 is 0 Å². The van der Waals surface area contributed by atoms with E-state index in [2.05, 4.69) is 13.2 Å². The van der Waals surface area contributed by atoms with E-state index in [1.807, 2.05) is 6.92 Å². The Morgan fingerprint density at radius 3 is 2.50 bits per heavy atom. The van der Waals surface area contributed by atoms with Crippen LogP contribution in [0.5, 0.6) is 0 Å². The van der Waals surface area contributed by atoms with E-state index >= 15 is 0 Å². The molecule has 54 valence electrons. The molecule has 0 saturated carbocycles. The molecule has 0 atom stereocenters. The van der Waals surface area contributed by atoms with Crippen molar-refractivity contribution in [1.29, 1.82) is 0 Å².